The van der Waals surface area contributed by atoms with Crippen LogP contribution in [0, 0.1) is 10.8 Å². The summed E-state index contributed by atoms with van der Waals surface area (Å²) in [6, 6.07) is 8.56. The fourth-order valence-electron chi connectivity index (χ4n) is 1.84. The molecule has 0 radical (unpaired) electrons. The zero-order valence-electron chi connectivity index (χ0n) is 14.6. The van der Waals surface area contributed by atoms with Crippen LogP contribution in [-0.4, -0.2) is 24.1 Å². The highest BCUT2D eigenvalue weighted by Gasteiger charge is 2.20. The number of benzene rings is 1. The van der Waals surface area contributed by atoms with Gasteiger partial charge in [0.2, 0.25) is 0 Å². The van der Waals surface area contributed by atoms with Crippen LogP contribution < -0.4 is 0 Å². The van der Waals surface area contributed by atoms with Crippen LogP contribution in [-0.2, 0) is 9.59 Å². The van der Waals surface area contributed by atoms with Gasteiger partial charge in [-0.1, -0.05) is 27.7 Å². The Bertz CT molecular complexity index is 497. The monoisotopic (exact) mass is 352 g/mol. The van der Waals surface area contributed by atoms with Gasteiger partial charge in [-0.05, 0) is 55.0 Å². The summed E-state index contributed by atoms with van der Waals surface area (Å²) >= 11 is 3.60. The number of carbonyl (C=O) groups is 2. The third-order valence-corrected chi connectivity index (χ3v) is 6.22. The Balaban J connectivity index is 2.39. The Hall–Kier alpha value is -0.740. The van der Waals surface area contributed by atoms with E-state index in [-0.39, 0.29) is 10.8 Å². The third-order valence-electron chi connectivity index (χ3n) is 4.19. The Labute approximate surface area is 149 Å². The van der Waals surface area contributed by atoms with E-state index in [0.29, 0.717) is 0 Å². The average Bonchev–Trinajstić information content (AvgIpc) is 2.56. The van der Waals surface area contributed by atoms with E-state index in [1.807, 2.05) is 20.8 Å². The summed E-state index contributed by atoms with van der Waals surface area (Å²) in [5.74, 6) is 1.91. The van der Waals surface area contributed by atoms with Crippen LogP contribution in [0.25, 0.3) is 0 Å². The van der Waals surface area contributed by atoms with Gasteiger partial charge in [0.1, 0.15) is 12.6 Å². The molecule has 0 saturated carbocycles. The molecule has 1 aromatic rings. The van der Waals surface area contributed by atoms with E-state index in [0.717, 1.165) is 43.3 Å². The van der Waals surface area contributed by atoms with Crippen molar-refractivity contribution in [3.8, 4) is 0 Å². The number of hydrogen-bond acceptors (Lipinski definition) is 4. The molecular weight excluding hydrogens is 324 g/mol. The van der Waals surface area contributed by atoms with Crippen LogP contribution in [0.4, 0.5) is 0 Å². The second kappa shape index (κ2) is 9.53. The highest BCUT2D eigenvalue weighted by molar-refractivity contribution is 7.99. The van der Waals surface area contributed by atoms with Crippen molar-refractivity contribution in [2.75, 3.05) is 11.5 Å². The van der Waals surface area contributed by atoms with Crippen molar-refractivity contribution in [1.29, 1.82) is 0 Å². The molecule has 0 spiro atoms. The summed E-state index contributed by atoms with van der Waals surface area (Å²) in [6.45, 7) is 8.05. The maximum Gasteiger partial charge on any atom is 0.125 e. The lowest BCUT2D eigenvalue weighted by Crippen LogP contribution is -2.17. The Kier molecular flexibility index (Phi) is 8.41. The quantitative estimate of drug-likeness (QED) is 0.389. The smallest absolute Gasteiger partial charge is 0.125 e. The van der Waals surface area contributed by atoms with Gasteiger partial charge in [0.25, 0.3) is 0 Å². The first-order valence-electron chi connectivity index (χ1n) is 8.12. The van der Waals surface area contributed by atoms with Crippen LogP contribution in [0.2, 0.25) is 0 Å². The maximum absolute atomic E-state index is 11.1. The van der Waals surface area contributed by atoms with Crippen LogP contribution in [0.15, 0.2) is 34.1 Å². The number of rotatable bonds is 11. The first kappa shape index (κ1) is 20.3. The standard InChI is InChI=1S/C19H28O2S2/c1-5-19(4,15-21)11-13-23-17-8-6-16(7-9-17)22-12-10-18(2,3)14-20/h6-9,14-15H,5,10-13H2,1-4H3. The summed E-state index contributed by atoms with van der Waals surface area (Å²) in [6.07, 6.45) is 4.82. The minimum atomic E-state index is -0.229. The zero-order valence-corrected chi connectivity index (χ0v) is 16.3. The van der Waals surface area contributed by atoms with Gasteiger partial charge in [-0.25, -0.2) is 0 Å². The summed E-state index contributed by atoms with van der Waals surface area (Å²) in [5.41, 5.74) is -0.415. The summed E-state index contributed by atoms with van der Waals surface area (Å²) in [5, 5.41) is 0. The topological polar surface area (TPSA) is 34.1 Å². The lowest BCUT2D eigenvalue weighted by atomic mass is 9.87. The van der Waals surface area contributed by atoms with E-state index in [4.69, 9.17) is 0 Å². The van der Waals surface area contributed by atoms with Gasteiger partial charge < -0.3 is 9.59 Å². The second-order valence-corrected chi connectivity index (χ2v) is 9.24. The summed E-state index contributed by atoms with van der Waals surface area (Å²) in [4.78, 5) is 24.5. The predicted octanol–water partition coefficient (Wildman–Crippen LogP) is 5.49. The second-order valence-electron chi connectivity index (χ2n) is 6.90. The molecule has 1 aromatic carbocycles. The van der Waals surface area contributed by atoms with Gasteiger partial charge >= 0.3 is 0 Å². The minimum Gasteiger partial charge on any atom is -0.303 e. The molecule has 23 heavy (non-hydrogen) atoms. The molecule has 128 valence electrons. The average molecular weight is 353 g/mol. The zero-order chi connectivity index (χ0) is 17.3. The minimum absolute atomic E-state index is 0.186. The van der Waals surface area contributed by atoms with Crippen LogP contribution in [0.3, 0.4) is 0 Å². The van der Waals surface area contributed by atoms with Crippen LogP contribution in [0.1, 0.15) is 47.0 Å². The molecule has 1 rings (SSSR count). The van der Waals surface area contributed by atoms with E-state index in [1.165, 1.54) is 9.79 Å². The Morgan fingerprint density at radius 3 is 1.74 bits per heavy atom. The van der Waals surface area contributed by atoms with Crippen molar-refractivity contribution < 1.29 is 9.59 Å². The highest BCUT2D eigenvalue weighted by Crippen LogP contribution is 2.30. The molecule has 0 heterocycles. The number of aldehydes is 2. The fourth-order valence-corrected chi connectivity index (χ4v) is 4.17. The molecule has 1 atom stereocenters. The van der Waals surface area contributed by atoms with Crippen molar-refractivity contribution in [2.45, 2.75) is 56.7 Å². The lowest BCUT2D eigenvalue weighted by molar-refractivity contribution is -0.116. The van der Waals surface area contributed by atoms with E-state index in [2.05, 4.69) is 31.2 Å². The molecule has 0 fully saturated rings. The molecule has 0 aromatic heterocycles. The third kappa shape index (κ3) is 7.58. The first-order valence-corrected chi connectivity index (χ1v) is 10.1. The largest absolute Gasteiger partial charge is 0.303 e. The van der Waals surface area contributed by atoms with Crippen molar-refractivity contribution >= 4 is 36.1 Å². The van der Waals surface area contributed by atoms with Gasteiger partial charge in [0, 0.05) is 20.6 Å². The summed E-state index contributed by atoms with van der Waals surface area (Å²) in [7, 11) is 0. The number of carbonyl (C=O) groups excluding carboxylic acids is 2. The normalized spacial score (nSPS) is 14.3. The molecule has 4 heteroatoms. The Morgan fingerprint density at radius 1 is 0.870 bits per heavy atom. The van der Waals surface area contributed by atoms with Crippen molar-refractivity contribution in [3.05, 3.63) is 24.3 Å². The molecule has 0 saturated heterocycles. The molecule has 0 aliphatic carbocycles. The van der Waals surface area contributed by atoms with Crippen molar-refractivity contribution in [1.82, 2.24) is 0 Å². The van der Waals surface area contributed by atoms with Gasteiger partial charge in [0.15, 0.2) is 0 Å². The maximum atomic E-state index is 11.1. The molecular formula is C19H28O2S2. The highest BCUT2D eigenvalue weighted by atomic mass is 32.2. The SMILES string of the molecule is CCC(C)(C=O)CCSc1ccc(SCCC(C)(C)C=O)cc1. The van der Waals surface area contributed by atoms with Gasteiger partial charge in [-0.15, -0.1) is 23.5 Å². The van der Waals surface area contributed by atoms with Crippen molar-refractivity contribution in [3.63, 3.8) is 0 Å². The van der Waals surface area contributed by atoms with Crippen LogP contribution in [0.5, 0.6) is 0 Å². The van der Waals surface area contributed by atoms with Gasteiger partial charge in [0.05, 0.1) is 0 Å². The first-order chi connectivity index (χ1) is 10.8. The lowest BCUT2D eigenvalue weighted by Gasteiger charge is -2.20. The molecule has 2 nitrogen and oxygen atoms in total. The van der Waals surface area contributed by atoms with E-state index >= 15 is 0 Å². The predicted molar refractivity (Wildman–Crippen MR) is 101 cm³/mol. The fraction of sp³-hybridized carbons (Fsp3) is 0.579. The Morgan fingerprint density at radius 2 is 1.35 bits per heavy atom. The van der Waals surface area contributed by atoms with Crippen LogP contribution >= 0.6 is 23.5 Å². The van der Waals surface area contributed by atoms with Crippen molar-refractivity contribution in [2.24, 2.45) is 10.8 Å². The van der Waals surface area contributed by atoms with E-state index in [9.17, 15) is 9.59 Å². The summed E-state index contributed by atoms with van der Waals surface area (Å²) < 4.78 is 0. The molecule has 0 amide bonds. The van der Waals surface area contributed by atoms with E-state index < -0.39 is 0 Å². The molecule has 0 bridgehead atoms. The van der Waals surface area contributed by atoms with Gasteiger partial charge in [-0.3, -0.25) is 0 Å². The molecule has 0 aliphatic heterocycles. The molecule has 0 N–H and O–H groups in total. The number of hydrogen-bond donors (Lipinski definition) is 0. The van der Waals surface area contributed by atoms with Gasteiger partial charge in [-0.2, -0.15) is 0 Å². The molecule has 1 unspecified atom stereocenters. The van der Waals surface area contributed by atoms with E-state index in [1.54, 1.807) is 23.5 Å². The molecule has 0 aliphatic rings. The number of thioether (sulfide) groups is 2.